The lowest BCUT2D eigenvalue weighted by atomic mass is 10.1. The monoisotopic (exact) mass is 284 g/mol. The van der Waals surface area contributed by atoms with Gasteiger partial charge in [0.15, 0.2) is 0 Å². The minimum absolute atomic E-state index is 0.0636. The van der Waals surface area contributed by atoms with Crippen LogP contribution in [0.2, 0.25) is 0 Å². The zero-order valence-electron chi connectivity index (χ0n) is 12.4. The van der Waals surface area contributed by atoms with Gasteiger partial charge >= 0.3 is 11.9 Å². The smallest absolute Gasteiger partial charge is 0.314 e. The molecule has 0 bridgehead atoms. The van der Waals surface area contributed by atoms with E-state index in [9.17, 15) is 14.4 Å². The van der Waals surface area contributed by atoms with Crippen molar-refractivity contribution in [2.24, 2.45) is 11.8 Å². The SMILES string of the molecule is CC1=C(OC(=O)C(C)C)C(=O)C(OC(=O)C(C)C)CO1. The predicted molar refractivity (Wildman–Crippen MR) is 69.3 cm³/mol. The minimum atomic E-state index is -1.07. The van der Waals surface area contributed by atoms with E-state index in [-0.39, 0.29) is 30.0 Å². The van der Waals surface area contributed by atoms with Crippen molar-refractivity contribution in [3.05, 3.63) is 11.5 Å². The van der Waals surface area contributed by atoms with Crippen molar-refractivity contribution in [3.63, 3.8) is 0 Å². The summed E-state index contributed by atoms with van der Waals surface area (Å²) < 4.78 is 15.3. The quantitative estimate of drug-likeness (QED) is 0.729. The van der Waals surface area contributed by atoms with Crippen molar-refractivity contribution in [2.45, 2.75) is 40.7 Å². The second-order valence-corrected chi connectivity index (χ2v) is 5.22. The molecule has 0 spiro atoms. The summed E-state index contributed by atoms with van der Waals surface area (Å²) in [6.45, 7) is 8.10. The van der Waals surface area contributed by atoms with E-state index >= 15 is 0 Å². The van der Waals surface area contributed by atoms with Gasteiger partial charge < -0.3 is 14.2 Å². The van der Waals surface area contributed by atoms with Crippen molar-refractivity contribution in [1.29, 1.82) is 0 Å². The summed E-state index contributed by atoms with van der Waals surface area (Å²) in [7, 11) is 0. The zero-order chi connectivity index (χ0) is 15.4. The molecule has 0 aliphatic carbocycles. The summed E-state index contributed by atoms with van der Waals surface area (Å²) in [6.07, 6.45) is -1.07. The molecule has 20 heavy (non-hydrogen) atoms. The van der Waals surface area contributed by atoms with Gasteiger partial charge in [0.25, 0.3) is 0 Å². The summed E-state index contributed by atoms with van der Waals surface area (Å²) in [5, 5.41) is 0. The molecule has 0 aromatic carbocycles. The fourth-order valence-corrected chi connectivity index (χ4v) is 1.37. The van der Waals surface area contributed by atoms with Gasteiger partial charge in [-0.15, -0.1) is 0 Å². The highest BCUT2D eigenvalue weighted by Crippen LogP contribution is 2.21. The van der Waals surface area contributed by atoms with E-state index in [1.165, 1.54) is 6.92 Å². The van der Waals surface area contributed by atoms with E-state index < -0.39 is 23.8 Å². The van der Waals surface area contributed by atoms with Crippen LogP contribution in [0.15, 0.2) is 11.5 Å². The van der Waals surface area contributed by atoms with Crippen LogP contribution < -0.4 is 0 Å². The number of esters is 2. The number of ketones is 1. The first-order chi connectivity index (χ1) is 9.23. The van der Waals surface area contributed by atoms with E-state index in [2.05, 4.69) is 0 Å². The molecule has 1 rings (SSSR count). The molecule has 0 aromatic heterocycles. The van der Waals surface area contributed by atoms with Gasteiger partial charge in [0.2, 0.25) is 17.6 Å². The Morgan fingerprint density at radius 3 is 2.20 bits per heavy atom. The van der Waals surface area contributed by atoms with Crippen LogP contribution in [0.4, 0.5) is 0 Å². The number of hydrogen-bond acceptors (Lipinski definition) is 6. The molecule has 112 valence electrons. The lowest BCUT2D eigenvalue weighted by molar-refractivity contribution is -0.164. The molecule has 6 nitrogen and oxygen atoms in total. The minimum Gasteiger partial charge on any atom is -0.490 e. The lowest BCUT2D eigenvalue weighted by Gasteiger charge is -2.25. The molecule has 0 N–H and O–H groups in total. The highest BCUT2D eigenvalue weighted by molar-refractivity contribution is 6.01. The number of carbonyl (C=O) groups excluding carboxylic acids is 3. The number of carbonyl (C=O) groups is 3. The highest BCUT2D eigenvalue weighted by atomic mass is 16.6. The summed E-state index contributed by atoms with van der Waals surface area (Å²) in [5.74, 6) is -2.26. The molecule has 1 unspecified atom stereocenters. The van der Waals surface area contributed by atoms with Crippen LogP contribution >= 0.6 is 0 Å². The number of Topliss-reactive ketones (excluding diaryl/α,β-unsaturated/α-hetero) is 1. The summed E-state index contributed by atoms with van der Waals surface area (Å²) >= 11 is 0. The van der Waals surface area contributed by atoms with Gasteiger partial charge in [-0.3, -0.25) is 14.4 Å². The highest BCUT2D eigenvalue weighted by Gasteiger charge is 2.36. The summed E-state index contributed by atoms with van der Waals surface area (Å²) in [5.41, 5.74) is 0. The van der Waals surface area contributed by atoms with Crippen LogP contribution in [0, 0.1) is 11.8 Å². The van der Waals surface area contributed by atoms with Crippen LogP contribution in [0.3, 0.4) is 0 Å². The third-order valence-corrected chi connectivity index (χ3v) is 2.69. The van der Waals surface area contributed by atoms with E-state index in [1.807, 2.05) is 0 Å². The summed E-state index contributed by atoms with van der Waals surface area (Å²) in [6, 6.07) is 0. The normalized spacial score (nSPS) is 19.1. The Hall–Kier alpha value is -1.85. The number of ether oxygens (including phenoxy) is 3. The van der Waals surface area contributed by atoms with Crippen molar-refractivity contribution >= 4 is 17.7 Å². The Kier molecular flexibility index (Phi) is 5.30. The average Bonchev–Trinajstić information content (AvgIpc) is 2.37. The van der Waals surface area contributed by atoms with Crippen molar-refractivity contribution in [1.82, 2.24) is 0 Å². The zero-order valence-corrected chi connectivity index (χ0v) is 12.4. The van der Waals surface area contributed by atoms with Crippen LogP contribution in [0.5, 0.6) is 0 Å². The fourth-order valence-electron chi connectivity index (χ4n) is 1.37. The van der Waals surface area contributed by atoms with Crippen molar-refractivity contribution in [3.8, 4) is 0 Å². The average molecular weight is 284 g/mol. The molecule has 6 heteroatoms. The Morgan fingerprint density at radius 2 is 1.70 bits per heavy atom. The molecule has 0 amide bonds. The second kappa shape index (κ2) is 6.54. The molecule has 0 saturated heterocycles. The maximum atomic E-state index is 12.2. The Bertz CT molecular complexity index is 447. The molecule has 1 aliphatic rings. The fraction of sp³-hybridized carbons (Fsp3) is 0.643. The van der Waals surface area contributed by atoms with Crippen LogP contribution in [-0.4, -0.2) is 30.4 Å². The first kappa shape index (κ1) is 16.2. The molecule has 0 saturated carbocycles. The summed E-state index contributed by atoms with van der Waals surface area (Å²) in [4.78, 5) is 35.2. The molecule has 1 atom stereocenters. The van der Waals surface area contributed by atoms with Crippen LogP contribution in [-0.2, 0) is 28.6 Å². The van der Waals surface area contributed by atoms with Gasteiger partial charge in [-0.1, -0.05) is 27.7 Å². The maximum Gasteiger partial charge on any atom is 0.314 e. The van der Waals surface area contributed by atoms with Crippen LogP contribution in [0.25, 0.3) is 0 Å². The third kappa shape index (κ3) is 3.82. The van der Waals surface area contributed by atoms with Crippen molar-refractivity contribution < 1.29 is 28.6 Å². The molecule has 1 aliphatic heterocycles. The molecule has 0 aromatic rings. The Labute approximate surface area is 118 Å². The van der Waals surface area contributed by atoms with Gasteiger partial charge in [0.1, 0.15) is 12.4 Å². The van der Waals surface area contributed by atoms with Gasteiger partial charge in [0.05, 0.1) is 11.8 Å². The van der Waals surface area contributed by atoms with E-state index in [0.717, 1.165) is 0 Å². The first-order valence-corrected chi connectivity index (χ1v) is 6.54. The molecule has 1 heterocycles. The topological polar surface area (TPSA) is 78.9 Å². The standard InChI is InChI=1S/C14H20O6/c1-7(2)13(16)19-10-6-18-9(5)12(11(10)15)20-14(17)8(3)4/h7-8,10H,6H2,1-5H3. The van der Waals surface area contributed by atoms with E-state index in [4.69, 9.17) is 14.2 Å². The number of hydrogen-bond donors (Lipinski definition) is 0. The number of rotatable bonds is 4. The molecule has 0 radical (unpaired) electrons. The van der Waals surface area contributed by atoms with Gasteiger partial charge in [-0.05, 0) is 6.92 Å². The molecular weight excluding hydrogens is 264 g/mol. The largest absolute Gasteiger partial charge is 0.490 e. The maximum absolute atomic E-state index is 12.2. The van der Waals surface area contributed by atoms with Gasteiger partial charge in [-0.25, -0.2) is 0 Å². The lowest BCUT2D eigenvalue weighted by Crippen LogP contribution is -2.39. The number of allylic oxidation sites excluding steroid dienone is 1. The molecule has 0 fully saturated rings. The Morgan fingerprint density at radius 1 is 1.15 bits per heavy atom. The first-order valence-electron chi connectivity index (χ1n) is 6.54. The van der Waals surface area contributed by atoms with E-state index in [0.29, 0.717) is 0 Å². The Balaban J connectivity index is 2.82. The second-order valence-electron chi connectivity index (χ2n) is 5.22. The van der Waals surface area contributed by atoms with E-state index in [1.54, 1.807) is 27.7 Å². The molecular formula is C14H20O6. The third-order valence-electron chi connectivity index (χ3n) is 2.69. The van der Waals surface area contributed by atoms with Gasteiger partial charge in [-0.2, -0.15) is 0 Å². The van der Waals surface area contributed by atoms with Crippen LogP contribution in [0.1, 0.15) is 34.6 Å². The van der Waals surface area contributed by atoms with Gasteiger partial charge in [0, 0.05) is 0 Å². The predicted octanol–water partition coefficient (Wildman–Crippen LogP) is 1.58. The van der Waals surface area contributed by atoms with Crippen molar-refractivity contribution in [2.75, 3.05) is 6.61 Å².